The summed E-state index contributed by atoms with van der Waals surface area (Å²) in [5.41, 5.74) is -1.08. The van der Waals surface area contributed by atoms with E-state index in [1.165, 1.54) is 16.2 Å². The van der Waals surface area contributed by atoms with E-state index in [0.29, 0.717) is 37.4 Å². The normalized spacial score (nSPS) is 22.0. The van der Waals surface area contributed by atoms with Crippen LogP contribution in [-0.2, 0) is 4.79 Å². The van der Waals surface area contributed by atoms with Gasteiger partial charge in [0.05, 0.1) is 0 Å². The SMILES string of the molecule is CCCC1(C(=O)O)CCCN1C(=O)Nc1nnc(C)s1. The van der Waals surface area contributed by atoms with Gasteiger partial charge in [-0.15, -0.1) is 10.2 Å². The fourth-order valence-corrected chi connectivity index (χ4v) is 3.26. The molecular weight excluding hydrogens is 280 g/mol. The number of nitrogens with zero attached hydrogens (tertiary/aromatic N) is 3. The van der Waals surface area contributed by atoms with Crippen molar-refractivity contribution in [2.24, 2.45) is 0 Å². The Morgan fingerprint density at radius 1 is 1.50 bits per heavy atom. The number of carbonyl (C=O) groups is 2. The second-order valence-electron chi connectivity index (χ2n) is 4.90. The standard InChI is InChI=1S/C12H18N4O3S/c1-3-5-12(9(17)18)6-4-7-16(12)11(19)13-10-15-14-8(2)20-10/h3-7H2,1-2H3,(H,17,18)(H,13,15,19). The molecule has 2 N–H and O–H groups in total. The van der Waals surface area contributed by atoms with E-state index < -0.39 is 17.5 Å². The highest BCUT2D eigenvalue weighted by Gasteiger charge is 2.49. The van der Waals surface area contributed by atoms with Gasteiger partial charge in [-0.05, 0) is 26.2 Å². The first-order valence-corrected chi connectivity index (χ1v) is 7.43. The number of urea groups is 1. The highest BCUT2D eigenvalue weighted by Crippen LogP contribution is 2.34. The van der Waals surface area contributed by atoms with E-state index in [2.05, 4.69) is 15.5 Å². The summed E-state index contributed by atoms with van der Waals surface area (Å²) in [6, 6.07) is -0.408. The Hall–Kier alpha value is -1.70. The smallest absolute Gasteiger partial charge is 0.329 e. The van der Waals surface area contributed by atoms with Crippen LogP contribution in [0.2, 0.25) is 0 Å². The molecule has 0 aromatic carbocycles. The molecule has 1 fully saturated rings. The van der Waals surface area contributed by atoms with E-state index in [-0.39, 0.29) is 0 Å². The van der Waals surface area contributed by atoms with Crippen molar-refractivity contribution in [3.8, 4) is 0 Å². The predicted octanol–water partition coefficient (Wildman–Crippen LogP) is 2.10. The lowest BCUT2D eigenvalue weighted by Crippen LogP contribution is -2.54. The van der Waals surface area contributed by atoms with E-state index in [9.17, 15) is 14.7 Å². The lowest BCUT2D eigenvalue weighted by molar-refractivity contribution is -0.148. The van der Waals surface area contributed by atoms with Crippen LogP contribution in [0.25, 0.3) is 0 Å². The highest BCUT2D eigenvalue weighted by molar-refractivity contribution is 7.15. The molecule has 1 aromatic heterocycles. The summed E-state index contributed by atoms with van der Waals surface area (Å²) < 4.78 is 0. The fourth-order valence-electron chi connectivity index (χ4n) is 2.68. The maximum atomic E-state index is 12.3. The van der Waals surface area contributed by atoms with Crippen LogP contribution in [0.3, 0.4) is 0 Å². The van der Waals surface area contributed by atoms with E-state index in [1.54, 1.807) is 6.92 Å². The van der Waals surface area contributed by atoms with Crippen molar-refractivity contribution in [2.45, 2.75) is 45.1 Å². The first-order chi connectivity index (χ1) is 9.49. The summed E-state index contributed by atoms with van der Waals surface area (Å²) in [6.45, 7) is 4.17. The Balaban J connectivity index is 2.16. The summed E-state index contributed by atoms with van der Waals surface area (Å²) in [5.74, 6) is -0.930. The second kappa shape index (κ2) is 5.74. The van der Waals surface area contributed by atoms with Gasteiger partial charge in [-0.3, -0.25) is 5.32 Å². The van der Waals surface area contributed by atoms with Crippen molar-refractivity contribution < 1.29 is 14.7 Å². The molecule has 20 heavy (non-hydrogen) atoms. The number of anilines is 1. The number of amides is 2. The van der Waals surface area contributed by atoms with Crippen LogP contribution in [0, 0.1) is 6.92 Å². The van der Waals surface area contributed by atoms with Crippen molar-refractivity contribution in [1.29, 1.82) is 0 Å². The third kappa shape index (κ3) is 2.60. The Labute approximate surface area is 121 Å². The summed E-state index contributed by atoms with van der Waals surface area (Å²) in [6.07, 6.45) is 2.38. The number of hydrogen-bond donors (Lipinski definition) is 2. The van der Waals surface area contributed by atoms with Gasteiger partial charge in [-0.25, -0.2) is 9.59 Å². The summed E-state index contributed by atoms with van der Waals surface area (Å²) in [5, 5.41) is 21.0. The highest BCUT2D eigenvalue weighted by atomic mass is 32.1. The molecule has 1 aliphatic heterocycles. The molecule has 7 nitrogen and oxygen atoms in total. The van der Waals surface area contributed by atoms with Crippen LogP contribution >= 0.6 is 11.3 Å². The molecule has 0 spiro atoms. The van der Waals surface area contributed by atoms with E-state index >= 15 is 0 Å². The van der Waals surface area contributed by atoms with Gasteiger partial charge in [0.15, 0.2) is 0 Å². The first kappa shape index (κ1) is 14.7. The zero-order chi connectivity index (χ0) is 14.8. The van der Waals surface area contributed by atoms with Crippen LogP contribution in [-0.4, -0.2) is 44.3 Å². The molecule has 110 valence electrons. The van der Waals surface area contributed by atoms with Gasteiger partial charge in [0.1, 0.15) is 10.5 Å². The maximum absolute atomic E-state index is 12.3. The molecule has 1 atom stereocenters. The number of aliphatic carboxylic acids is 1. The Bertz CT molecular complexity index is 519. The molecule has 2 rings (SSSR count). The minimum absolute atomic E-state index is 0.398. The second-order valence-corrected chi connectivity index (χ2v) is 6.08. The van der Waals surface area contributed by atoms with Gasteiger partial charge in [-0.1, -0.05) is 24.7 Å². The van der Waals surface area contributed by atoms with Gasteiger partial charge in [0.25, 0.3) is 0 Å². The van der Waals surface area contributed by atoms with Gasteiger partial charge in [0.2, 0.25) is 5.13 Å². The molecule has 1 unspecified atom stereocenters. The van der Waals surface area contributed by atoms with Crippen LogP contribution in [0.5, 0.6) is 0 Å². The molecule has 2 amide bonds. The minimum Gasteiger partial charge on any atom is -0.479 e. The molecule has 8 heteroatoms. The van der Waals surface area contributed by atoms with Gasteiger partial charge < -0.3 is 10.0 Å². The number of carboxylic acids is 1. The number of nitrogens with one attached hydrogen (secondary N) is 1. The maximum Gasteiger partial charge on any atom is 0.329 e. The average molecular weight is 298 g/mol. The topological polar surface area (TPSA) is 95.4 Å². The predicted molar refractivity (Wildman–Crippen MR) is 74.9 cm³/mol. The van der Waals surface area contributed by atoms with E-state index in [4.69, 9.17) is 0 Å². The van der Waals surface area contributed by atoms with E-state index in [1.807, 2.05) is 6.92 Å². The number of carbonyl (C=O) groups excluding carboxylic acids is 1. The molecule has 1 aliphatic rings. The number of rotatable bonds is 4. The fraction of sp³-hybridized carbons (Fsp3) is 0.667. The largest absolute Gasteiger partial charge is 0.479 e. The Kier molecular flexibility index (Phi) is 4.22. The molecule has 0 aliphatic carbocycles. The van der Waals surface area contributed by atoms with Crippen molar-refractivity contribution in [2.75, 3.05) is 11.9 Å². The Morgan fingerprint density at radius 2 is 2.25 bits per heavy atom. The third-order valence-corrected chi connectivity index (χ3v) is 4.29. The van der Waals surface area contributed by atoms with Crippen LogP contribution in [0.15, 0.2) is 0 Å². The number of likely N-dealkylation sites (tertiary alicyclic amines) is 1. The number of aryl methyl sites for hydroxylation is 1. The van der Waals surface area contributed by atoms with Crippen molar-refractivity contribution in [3.05, 3.63) is 5.01 Å². The number of hydrogen-bond acceptors (Lipinski definition) is 5. The summed E-state index contributed by atoms with van der Waals surface area (Å²) in [7, 11) is 0. The van der Waals surface area contributed by atoms with Gasteiger partial charge >= 0.3 is 12.0 Å². The lowest BCUT2D eigenvalue weighted by Gasteiger charge is -2.34. The molecule has 2 heterocycles. The number of aromatic nitrogens is 2. The minimum atomic E-state index is -1.08. The van der Waals surface area contributed by atoms with Gasteiger partial charge in [-0.2, -0.15) is 0 Å². The monoisotopic (exact) mass is 298 g/mol. The van der Waals surface area contributed by atoms with Crippen molar-refractivity contribution in [3.63, 3.8) is 0 Å². The van der Waals surface area contributed by atoms with Crippen LogP contribution in [0.4, 0.5) is 9.93 Å². The number of carboxylic acid groups (broad SMARTS) is 1. The third-order valence-electron chi connectivity index (χ3n) is 3.54. The van der Waals surface area contributed by atoms with Crippen LogP contribution < -0.4 is 5.32 Å². The zero-order valence-electron chi connectivity index (χ0n) is 11.5. The molecule has 0 radical (unpaired) electrons. The molecular formula is C12H18N4O3S. The van der Waals surface area contributed by atoms with Crippen molar-refractivity contribution in [1.82, 2.24) is 15.1 Å². The lowest BCUT2D eigenvalue weighted by atomic mass is 9.91. The van der Waals surface area contributed by atoms with Crippen molar-refractivity contribution >= 4 is 28.5 Å². The summed E-state index contributed by atoms with van der Waals surface area (Å²) in [4.78, 5) is 25.4. The average Bonchev–Trinajstić information content (AvgIpc) is 2.97. The Morgan fingerprint density at radius 3 is 2.80 bits per heavy atom. The molecule has 1 aromatic rings. The summed E-state index contributed by atoms with van der Waals surface area (Å²) >= 11 is 1.27. The van der Waals surface area contributed by atoms with Gasteiger partial charge in [0, 0.05) is 6.54 Å². The first-order valence-electron chi connectivity index (χ1n) is 6.61. The molecule has 0 bridgehead atoms. The molecule has 1 saturated heterocycles. The molecule has 0 saturated carbocycles. The quantitative estimate of drug-likeness (QED) is 0.887. The van der Waals surface area contributed by atoms with Crippen LogP contribution in [0.1, 0.15) is 37.6 Å². The van der Waals surface area contributed by atoms with E-state index in [0.717, 1.165) is 5.01 Å². The zero-order valence-corrected chi connectivity index (χ0v) is 12.4.